The van der Waals surface area contributed by atoms with Gasteiger partial charge in [0, 0.05) is 20.3 Å². The summed E-state index contributed by atoms with van der Waals surface area (Å²) in [6.07, 6.45) is 1.42. The molecule has 0 saturated carbocycles. The molecule has 0 aromatic rings. The standard InChI is InChI=1S/C9H16BrNO3/c1-14-6-7(3-5-12)11-4-2-8(10)9(11)13/h7-8,12H,2-6H2,1H3. The second-order valence-electron chi connectivity index (χ2n) is 3.41. The van der Waals surface area contributed by atoms with Gasteiger partial charge in [0.2, 0.25) is 5.91 Å². The molecule has 0 aromatic carbocycles. The van der Waals surface area contributed by atoms with Crippen molar-refractivity contribution in [3.63, 3.8) is 0 Å². The number of aliphatic hydroxyl groups excluding tert-OH is 1. The first-order chi connectivity index (χ1) is 6.70. The Bertz CT molecular complexity index is 194. The fourth-order valence-corrected chi connectivity index (χ4v) is 2.17. The van der Waals surface area contributed by atoms with Crippen LogP contribution in [0.15, 0.2) is 0 Å². The first-order valence-electron chi connectivity index (χ1n) is 4.75. The van der Waals surface area contributed by atoms with Crippen molar-refractivity contribution in [2.45, 2.75) is 23.7 Å². The molecule has 1 fully saturated rings. The molecule has 0 bridgehead atoms. The Morgan fingerprint density at radius 2 is 2.50 bits per heavy atom. The Morgan fingerprint density at radius 1 is 1.79 bits per heavy atom. The fraction of sp³-hybridized carbons (Fsp3) is 0.889. The van der Waals surface area contributed by atoms with Crippen LogP contribution in [0.4, 0.5) is 0 Å². The fourth-order valence-electron chi connectivity index (χ4n) is 1.70. The molecule has 0 radical (unpaired) electrons. The smallest absolute Gasteiger partial charge is 0.236 e. The molecule has 1 aliphatic rings. The SMILES string of the molecule is COCC(CCO)N1CCC(Br)C1=O. The van der Waals surface area contributed by atoms with Crippen LogP contribution < -0.4 is 0 Å². The molecule has 5 heteroatoms. The van der Waals surface area contributed by atoms with E-state index in [9.17, 15) is 4.79 Å². The second kappa shape index (κ2) is 5.68. The largest absolute Gasteiger partial charge is 0.396 e. The molecular weight excluding hydrogens is 250 g/mol. The molecule has 2 atom stereocenters. The summed E-state index contributed by atoms with van der Waals surface area (Å²) in [5.74, 6) is 0.112. The zero-order valence-electron chi connectivity index (χ0n) is 8.28. The number of halogens is 1. The van der Waals surface area contributed by atoms with Crippen LogP contribution in [0.5, 0.6) is 0 Å². The van der Waals surface area contributed by atoms with Crippen molar-refractivity contribution in [3.05, 3.63) is 0 Å². The summed E-state index contributed by atoms with van der Waals surface area (Å²) in [4.78, 5) is 13.4. The average molecular weight is 266 g/mol. The van der Waals surface area contributed by atoms with Gasteiger partial charge in [0.1, 0.15) is 0 Å². The van der Waals surface area contributed by atoms with Crippen LogP contribution >= 0.6 is 15.9 Å². The second-order valence-corrected chi connectivity index (χ2v) is 4.51. The van der Waals surface area contributed by atoms with Crippen molar-refractivity contribution in [3.8, 4) is 0 Å². The number of hydrogen-bond donors (Lipinski definition) is 1. The van der Waals surface area contributed by atoms with Gasteiger partial charge in [-0.2, -0.15) is 0 Å². The molecular formula is C9H16BrNO3. The van der Waals surface area contributed by atoms with Crippen LogP contribution in [-0.4, -0.2) is 53.7 Å². The van der Waals surface area contributed by atoms with E-state index in [2.05, 4.69) is 15.9 Å². The molecule has 82 valence electrons. The number of aliphatic hydroxyl groups is 1. The van der Waals surface area contributed by atoms with Crippen molar-refractivity contribution in [2.75, 3.05) is 26.9 Å². The summed E-state index contributed by atoms with van der Waals surface area (Å²) in [5, 5.41) is 8.87. The highest BCUT2D eigenvalue weighted by molar-refractivity contribution is 9.10. The van der Waals surface area contributed by atoms with Crippen LogP contribution in [0.2, 0.25) is 0 Å². The molecule has 14 heavy (non-hydrogen) atoms. The zero-order chi connectivity index (χ0) is 10.6. The third-order valence-electron chi connectivity index (χ3n) is 2.44. The minimum absolute atomic E-state index is 0.0139. The van der Waals surface area contributed by atoms with Crippen molar-refractivity contribution < 1.29 is 14.6 Å². The van der Waals surface area contributed by atoms with E-state index in [0.29, 0.717) is 13.0 Å². The van der Waals surface area contributed by atoms with Crippen LogP contribution in [0.25, 0.3) is 0 Å². The number of carbonyl (C=O) groups excluding carboxylic acids is 1. The van der Waals surface area contributed by atoms with Gasteiger partial charge in [-0.25, -0.2) is 0 Å². The number of likely N-dealkylation sites (tertiary alicyclic amines) is 1. The van der Waals surface area contributed by atoms with E-state index in [4.69, 9.17) is 9.84 Å². The number of rotatable bonds is 5. The molecule has 1 N–H and O–H groups in total. The van der Waals surface area contributed by atoms with Gasteiger partial charge in [-0.1, -0.05) is 15.9 Å². The molecule has 1 saturated heterocycles. The number of ether oxygens (including phenoxy) is 1. The van der Waals surface area contributed by atoms with Gasteiger partial charge < -0.3 is 14.7 Å². The number of hydrogen-bond acceptors (Lipinski definition) is 3. The summed E-state index contributed by atoms with van der Waals surface area (Å²) >= 11 is 3.32. The van der Waals surface area contributed by atoms with Gasteiger partial charge in [-0.05, 0) is 12.8 Å². The summed E-state index contributed by atoms with van der Waals surface area (Å²) in [6, 6.07) is 0.0139. The Morgan fingerprint density at radius 3 is 2.93 bits per heavy atom. The lowest BCUT2D eigenvalue weighted by molar-refractivity contribution is -0.130. The van der Waals surface area contributed by atoms with Gasteiger partial charge in [0.15, 0.2) is 0 Å². The predicted octanol–water partition coefficient (Wildman–Crippen LogP) is 0.380. The van der Waals surface area contributed by atoms with E-state index in [-0.39, 0.29) is 23.4 Å². The van der Waals surface area contributed by atoms with E-state index in [1.807, 2.05) is 0 Å². The number of nitrogens with zero attached hydrogens (tertiary/aromatic N) is 1. The predicted molar refractivity (Wildman–Crippen MR) is 56.4 cm³/mol. The van der Waals surface area contributed by atoms with Gasteiger partial charge in [-0.3, -0.25) is 4.79 Å². The first-order valence-corrected chi connectivity index (χ1v) is 5.66. The van der Waals surface area contributed by atoms with E-state index in [0.717, 1.165) is 13.0 Å². The topological polar surface area (TPSA) is 49.8 Å². The van der Waals surface area contributed by atoms with Crippen LogP contribution in [-0.2, 0) is 9.53 Å². The zero-order valence-corrected chi connectivity index (χ0v) is 9.87. The quantitative estimate of drug-likeness (QED) is 0.732. The monoisotopic (exact) mass is 265 g/mol. The van der Waals surface area contributed by atoms with Crippen molar-refractivity contribution >= 4 is 21.8 Å². The number of methoxy groups -OCH3 is 1. The maximum absolute atomic E-state index is 11.6. The van der Waals surface area contributed by atoms with Gasteiger partial charge in [-0.15, -0.1) is 0 Å². The molecule has 2 unspecified atom stereocenters. The number of carbonyl (C=O) groups is 1. The Balaban J connectivity index is 2.54. The maximum Gasteiger partial charge on any atom is 0.236 e. The number of amides is 1. The minimum atomic E-state index is -0.0550. The minimum Gasteiger partial charge on any atom is -0.396 e. The average Bonchev–Trinajstić information content (AvgIpc) is 2.48. The van der Waals surface area contributed by atoms with E-state index >= 15 is 0 Å². The summed E-state index contributed by atoms with van der Waals surface area (Å²) < 4.78 is 5.03. The molecule has 0 aliphatic carbocycles. The highest BCUT2D eigenvalue weighted by Gasteiger charge is 2.33. The lowest BCUT2D eigenvalue weighted by Crippen LogP contribution is -2.41. The highest BCUT2D eigenvalue weighted by Crippen LogP contribution is 2.21. The Kier molecular flexibility index (Phi) is 4.84. The normalized spacial score (nSPS) is 24.4. The molecule has 1 rings (SSSR count). The molecule has 1 heterocycles. The third kappa shape index (κ3) is 2.68. The van der Waals surface area contributed by atoms with Crippen molar-refractivity contribution in [1.29, 1.82) is 0 Å². The van der Waals surface area contributed by atoms with Crippen LogP contribution in [0, 0.1) is 0 Å². The van der Waals surface area contributed by atoms with Gasteiger partial charge >= 0.3 is 0 Å². The molecule has 1 amide bonds. The van der Waals surface area contributed by atoms with Gasteiger partial charge in [0.05, 0.1) is 17.5 Å². The molecule has 0 spiro atoms. The summed E-state index contributed by atoms with van der Waals surface area (Å²) in [6.45, 7) is 1.33. The van der Waals surface area contributed by atoms with Crippen molar-refractivity contribution in [2.24, 2.45) is 0 Å². The number of alkyl halides is 1. The van der Waals surface area contributed by atoms with E-state index in [1.54, 1.807) is 12.0 Å². The third-order valence-corrected chi connectivity index (χ3v) is 3.29. The molecule has 0 aromatic heterocycles. The van der Waals surface area contributed by atoms with Gasteiger partial charge in [0.25, 0.3) is 0 Å². The molecule has 4 nitrogen and oxygen atoms in total. The molecule has 1 aliphatic heterocycles. The first kappa shape index (κ1) is 11.9. The maximum atomic E-state index is 11.6. The van der Waals surface area contributed by atoms with Crippen LogP contribution in [0.1, 0.15) is 12.8 Å². The van der Waals surface area contributed by atoms with Crippen LogP contribution in [0.3, 0.4) is 0 Å². The highest BCUT2D eigenvalue weighted by atomic mass is 79.9. The van der Waals surface area contributed by atoms with E-state index in [1.165, 1.54) is 0 Å². The Labute approximate surface area is 92.3 Å². The summed E-state index contributed by atoms with van der Waals surface area (Å²) in [7, 11) is 1.61. The Hall–Kier alpha value is -0.130. The lowest BCUT2D eigenvalue weighted by atomic mass is 10.2. The van der Waals surface area contributed by atoms with Crippen molar-refractivity contribution in [1.82, 2.24) is 4.90 Å². The van der Waals surface area contributed by atoms with E-state index < -0.39 is 0 Å². The summed E-state index contributed by atoms with van der Waals surface area (Å²) in [5.41, 5.74) is 0. The lowest BCUT2D eigenvalue weighted by Gasteiger charge is -2.26.